The first-order valence-corrected chi connectivity index (χ1v) is 17.7. The fourth-order valence-corrected chi connectivity index (χ4v) is 6.60. The topological polar surface area (TPSA) is 125 Å². The third-order valence-electron chi connectivity index (χ3n) is 9.79. The van der Waals surface area contributed by atoms with Gasteiger partial charge in [-0.25, -0.2) is 19.4 Å². The number of ether oxygens (including phenoxy) is 6. The van der Waals surface area contributed by atoms with E-state index in [-0.39, 0.29) is 50.0 Å². The van der Waals surface area contributed by atoms with Crippen LogP contribution in [0.25, 0.3) is 0 Å². The molecule has 2 aromatic rings. The Morgan fingerprint density at radius 1 is 0.839 bits per heavy atom. The molecule has 1 aliphatic rings. The fraction of sp³-hybridized carbons (Fsp3) is 0.564. The van der Waals surface area contributed by atoms with E-state index in [1.165, 1.54) is 70.5 Å². The lowest BCUT2D eigenvalue weighted by molar-refractivity contribution is -0.475. The van der Waals surface area contributed by atoms with Crippen LogP contribution in [-0.2, 0) is 63.8 Å². The summed E-state index contributed by atoms with van der Waals surface area (Å²) in [5.41, 5.74) is -8.13. The summed E-state index contributed by atoms with van der Waals surface area (Å²) in [6.07, 6.45) is -12.9. The van der Waals surface area contributed by atoms with Gasteiger partial charge in [-0.1, -0.05) is 74.5 Å². The zero-order valence-electron chi connectivity index (χ0n) is 32.2. The second-order valence-corrected chi connectivity index (χ2v) is 13.3. The summed E-state index contributed by atoms with van der Waals surface area (Å²) in [6.45, 7) is 4.68. The lowest BCUT2D eigenvalue weighted by atomic mass is 9.89. The average molecular weight is 807 g/mol. The highest BCUT2D eigenvalue weighted by molar-refractivity contribution is 5.83. The standard InChI is InChI=1S/C39H48F6O11/c1-8-30(54-34(48)37(52-7,39(43,44)45)28-18-13-10-14-19-28)25(2)22-29(53-33(47)36(51-6,38(40,41)42)27-16-11-9-12-17-27)20-15-21-35(50-5)24-26(3)31(55-56-35)23-32(46)49-4/h9-14,16-19,22,26,29-31H,8,15,20-21,23-24H2,1-7H3/b25-22+/t26-,29-,30-,31-,35+,36-,37-/m0/s1. The molecular formula is C39H48F6O11. The number of halogens is 6. The molecule has 17 heteroatoms. The van der Waals surface area contributed by atoms with E-state index in [9.17, 15) is 40.7 Å². The fourth-order valence-electron chi connectivity index (χ4n) is 6.60. The smallest absolute Gasteiger partial charge is 0.432 e. The maximum atomic E-state index is 14.8. The second-order valence-electron chi connectivity index (χ2n) is 13.3. The highest BCUT2D eigenvalue weighted by Crippen LogP contribution is 2.45. The van der Waals surface area contributed by atoms with Crippen molar-refractivity contribution in [3.63, 3.8) is 0 Å². The Bertz CT molecular complexity index is 1620. The van der Waals surface area contributed by atoms with Gasteiger partial charge >= 0.3 is 30.3 Å². The summed E-state index contributed by atoms with van der Waals surface area (Å²) in [6, 6.07) is 12.3. The number of benzene rings is 2. The second kappa shape index (κ2) is 19.4. The predicted molar refractivity (Wildman–Crippen MR) is 186 cm³/mol. The van der Waals surface area contributed by atoms with E-state index in [2.05, 4.69) is 0 Å². The Morgan fingerprint density at radius 3 is 1.75 bits per heavy atom. The van der Waals surface area contributed by atoms with Gasteiger partial charge in [0, 0.05) is 45.3 Å². The molecule has 1 heterocycles. The summed E-state index contributed by atoms with van der Waals surface area (Å²) in [4.78, 5) is 50.1. The lowest BCUT2D eigenvalue weighted by Crippen LogP contribution is -2.52. The number of hydrogen-bond donors (Lipinski definition) is 0. The molecule has 7 atom stereocenters. The van der Waals surface area contributed by atoms with Crippen LogP contribution in [0.3, 0.4) is 0 Å². The summed E-state index contributed by atoms with van der Waals surface area (Å²) < 4.78 is 119. The third kappa shape index (κ3) is 10.1. The molecule has 0 amide bonds. The van der Waals surface area contributed by atoms with Crippen molar-refractivity contribution >= 4 is 17.9 Å². The first-order valence-electron chi connectivity index (χ1n) is 17.7. The molecule has 11 nitrogen and oxygen atoms in total. The predicted octanol–water partition coefficient (Wildman–Crippen LogP) is 7.81. The van der Waals surface area contributed by atoms with Crippen LogP contribution >= 0.6 is 0 Å². The minimum absolute atomic E-state index is 0.0539. The number of alkyl halides is 6. The molecule has 0 bridgehead atoms. The largest absolute Gasteiger partial charge is 0.469 e. The van der Waals surface area contributed by atoms with Crippen LogP contribution in [0.1, 0.15) is 70.4 Å². The Labute approximate surface area is 321 Å². The lowest BCUT2D eigenvalue weighted by Gasteiger charge is -2.41. The molecule has 2 aromatic carbocycles. The number of rotatable bonds is 18. The van der Waals surface area contributed by atoms with E-state index in [0.717, 1.165) is 24.3 Å². The molecule has 0 unspecified atom stereocenters. The molecular weight excluding hydrogens is 758 g/mol. The Kier molecular flexibility index (Phi) is 16.1. The van der Waals surface area contributed by atoms with Crippen LogP contribution in [0.15, 0.2) is 72.3 Å². The van der Waals surface area contributed by atoms with E-state index in [1.54, 1.807) is 6.92 Å². The van der Waals surface area contributed by atoms with Gasteiger partial charge in [0.25, 0.3) is 11.2 Å². The maximum absolute atomic E-state index is 14.8. The Morgan fingerprint density at radius 2 is 1.34 bits per heavy atom. The maximum Gasteiger partial charge on any atom is 0.432 e. The monoisotopic (exact) mass is 806 g/mol. The molecule has 0 saturated carbocycles. The molecule has 312 valence electrons. The van der Waals surface area contributed by atoms with Gasteiger partial charge in [0.1, 0.15) is 18.3 Å². The van der Waals surface area contributed by atoms with Gasteiger partial charge in [0.2, 0.25) is 5.79 Å². The van der Waals surface area contributed by atoms with E-state index in [4.69, 9.17) is 38.2 Å². The van der Waals surface area contributed by atoms with Gasteiger partial charge in [-0.15, -0.1) is 0 Å². The van der Waals surface area contributed by atoms with E-state index >= 15 is 0 Å². The van der Waals surface area contributed by atoms with Crippen molar-refractivity contribution in [3.05, 3.63) is 83.4 Å². The normalized spacial score (nSPS) is 22.6. The van der Waals surface area contributed by atoms with Crippen molar-refractivity contribution in [3.8, 4) is 0 Å². The Balaban J connectivity index is 1.99. The van der Waals surface area contributed by atoms with Gasteiger partial charge in [-0.3, -0.25) is 4.79 Å². The van der Waals surface area contributed by atoms with Crippen LogP contribution in [-0.4, -0.2) is 82.8 Å². The first-order chi connectivity index (χ1) is 26.3. The molecule has 0 spiro atoms. The molecule has 0 N–H and O–H groups in total. The van der Waals surface area contributed by atoms with Gasteiger partial charge in [-0.05, 0) is 43.8 Å². The van der Waals surface area contributed by atoms with Crippen molar-refractivity contribution < 1.29 is 78.9 Å². The molecule has 0 aliphatic carbocycles. The van der Waals surface area contributed by atoms with E-state index in [1.807, 2.05) is 0 Å². The molecule has 56 heavy (non-hydrogen) atoms. The molecule has 1 fully saturated rings. The number of methoxy groups -OCH3 is 4. The zero-order valence-corrected chi connectivity index (χ0v) is 32.2. The van der Waals surface area contributed by atoms with Crippen molar-refractivity contribution in [2.24, 2.45) is 5.92 Å². The van der Waals surface area contributed by atoms with Crippen LogP contribution in [0.4, 0.5) is 26.3 Å². The number of hydrogen-bond acceptors (Lipinski definition) is 11. The van der Waals surface area contributed by atoms with Crippen LogP contribution in [0.5, 0.6) is 0 Å². The molecule has 0 aromatic heterocycles. The SMILES string of the molecule is CC[C@H](OC(=O)[C@@](OC)(c1ccccc1)C(F)(F)F)/C(C)=C/[C@H](CCC[C@]1(OC)C[C@H](C)[C@H](CC(=O)OC)OO1)OC(=O)[C@@](OC)(c1ccccc1)C(F)(F)F. The third-order valence-corrected chi connectivity index (χ3v) is 9.79. The highest BCUT2D eigenvalue weighted by atomic mass is 19.4. The van der Waals surface area contributed by atoms with Crippen LogP contribution < -0.4 is 0 Å². The first kappa shape index (κ1) is 46.4. The van der Waals surface area contributed by atoms with E-state index in [0.29, 0.717) is 14.2 Å². The summed E-state index contributed by atoms with van der Waals surface area (Å²) in [5.74, 6) is -5.78. The van der Waals surface area contributed by atoms with Crippen molar-refractivity contribution in [2.75, 3.05) is 28.4 Å². The summed E-state index contributed by atoms with van der Waals surface area (Å²) in [7, 11) is 4.00. The van der Waals surface area contributed by atoms with Crippen molar-refractivity contribution in [1.82, 2.24) is 0 Å². The van der Waals surface area contributed by atoms with Gasteiger partial charge in [0.15, 0.2) is 0 Å². The zero-order chi connectivity index (χ0) is 42.0. The number of esters is 3. The minimum Gasteiger partial charge on any atom is -0.469 e. The minimum atomic E-state index is -5.31. The highest BCUT2D eigenvalue weighted by Gasteiger charge is 2.65. The molecule has 0 radical (unpaired) electrons. The summed E-state index contributed by atoms with van der Waals surface area (Å²) in [5, 5.41) is 0. The number of carbonyl (C=O) groups excluding carboxylic acids is 3. The quantitative estimate of drug-likeness (QED) is 0.0482. The average Bonchev–Trinajstić information content (AvgIpc) is 3.15. The van der Waals surface area contributed by atoms with Crippen LogP contribution in [0.2, 0.25) is 0 Å². The van der Waals surface area contributed by atoms with E-state index < -0.39 is 76.7 Å². The van der Waals surface area contributed by atoms with Crippen molar-refractivity contribution in [2.45, 2.75) is 107 Å². The van der Waals surface area contributed by atoms with Crippen molar-refractivity contribution in [1.29, 1.82) is 0 Å². The Hall–Kier alpha value is -4.03. The molecule has 1 saturated heterocycles. The van der Waals surface area contributed by atoms with Crippen LogP contribution in [0, 0.1) is 5.92 Å². The van der Waals surface area contributed by atoms with Gasteiger partial charge < -0.3 is 28.4 Å². The molecule has 1 aliphatic heterocycles. The molecule has 3 rings (SSSR count). The summed E-state index contributed by atoms with van der Waals surface area (Å²) >= 11 is 0. The van der Waals surface area contributed by atoms with Gasteiger partial charge in [0.05, 0.1) is 13.5 Å². The van der Waals surface area contributed by atoms with Gasteiger partial charge in [-0.2, -0.15) is 26.3 Å². The number of carbonyl (C=O) groups is 3.